The molecule has 8 heteroatoms. The van der Waals surface area contributed by atoms with Crippen molar-refractivity contribution in [1.29, 1.82) is 0 Å². The van der Waals surface area contributed by atoms with Crippen LogP contribution in [-0.2, 0) is 20.0 Å². The topological polar surface area (TPSA) is 87.1 Å². The summed E-state index contributed by atoms with van der Waals surface area (Å²) in [4.78, 5) is 30.9. The third kappa shape index (κ3) is 26.7. The van der Waals surface area contributed by atoms with E-state index in [0.29, 0.717) is 13.1 Å². The molecule has 49 heavy (non-hydrogen) atoms. The van der Waals surface area contributed by atoms with Crippen molar-refractivity contribution >= 4 is 115 Å². The summed E-state index contributed by atoms with van der Waals surface area (Å²) in [7, 11) is 0. The van der Waals surface area contributed by atoms with E-state index in [9.17, 15) is 19.8 Å². The molecule has 0 unspecified atom stereocenters. The van der Waals surface area contributed by atoms with Gasteiger partial charge < -0.3 is 10.2 Å². The molecule has 0 heterocycles. The van der Waals surface area contributed by atoms with E-state index in [1.54, 1.807) is 23.3 Å². The smallest absolute Gasteiger partial charge is 0.354 e. The van der Waals surface area contributed by atoms with Gasteiger partial charge in [0.1, 0.15) is 0 Å². The second-order valence-electron chi connectivity index (χ2n) is 13.9. The van der Waals surface area contributed by atoms with Crippen molar-refractivity contribution in [3.8, 4) is 0 Å². The maximum absolute atomic E-state index is 12.5. The minimum atomic E-state index is -2.45. The van der Waals surface area contributed by atoms with Crippen LogP contribution in [0, 0.1) is 0 Å². The molecule has 0 fully saturated rings. The monoisotopic (exact) mass is 737 g/mol. The molecule has 0 bridgehead atoms. The van der Waals surface area contributed by atoms with Crippen molar-refractivity contribution in [3.05, 3.63) is 35.9 Å². The number of hydrogen-bond acceptors (Lipinski definition) is 4. The van der Waals surface area contributed by atoms with Gasteiger partial charge in [0.05, 0.1) is 0 Å². The maximum atomic E-state index is 12.5. The Bertz CT molecular complexity index is 827. The SMILES string of the molecule is CCCCCCCCCCCCCCCCN(CCCCCCCCCCCCCCCC)OC(C(=O)O)(C(=O)O)c1ccccc1.[K].[K]. The van der Waals surface area contributed by atoms with Crippen molar-refractivity contribution < 1.29 is 24.6 Å². The Kier molecular flexibility index (Phi) is 40.3. The van der Waals surface area contributed by atoms with Crippen LogP contribution in [0.2, 0.25) is 0 Å². The van der Waals surface area contributed by atoms with Gasteiger partial charge in [-0.2, -0.15) is 5.06 Å². The summed E-state index contributed by atoms with van der Waals surface area (Å²) in [6, 6.07) is 8.12. The fourth-order valence-electron chi connectivity index (χ4n) is 6.50. The van der Waals surface area contributed by atoms with Gasteiger partial charge >= 0.3 is 17.5 Å². The minimum Gasteiger partial charge on any atom is -0.478 e. The van der Waals surface area contributed by atoms with Gasteiger partial charge in [-0.05, 0) is 12.8 Å². The van der Waals surface area contributed by atoms with Gasteiger partial charge in [-0.25, -0.2) is 9.59 Å². The van der Waals surface area contributed by atoms with Crippen LogP contribution in [0.3, 0.4) is 0 Å². The zero-order valence-electron chi connectivity index (χ0n) is 32.7. The van der Waals surface area contributed by atoms with E-state index in [4.69, 9.17) is 4.84 Å². The van der Waals surface area contributed by atoms with Crippen molar-refractivity contribution in [2.24, 2.45) is 0 Å². The zero-order valence-corrected chi connectivity index (χ0v) is 38.9. The van der Waals surface area contributed by atoms with Gasteiger partial charge in [0.2, 0.25) is 0 Å². The normalized spacial score (nSPS) is 11.3. The number of carboxylic acids is 2. The number of benzene rings is 1. The molecule has 0 aromatic heterocycles. The molecule has 274 valence electrons. The molecule has 0 atom stereocenters. The number of hydrogen-bond donors (Lipinski definition) is 2. The molecular formula is C41H73K2NO5. The van der Waals surface area contributed by atoms with Crippen LogP contribution >= 0.6 is 0 Å². The van der Waals surface area contributed by atoms with Crippen LogP contribution in [0.25, 0.3) is 0 Å². The van der Waals surface area contributed by atoms with E-state index in [1.807, 2.05) is 0 Å². The summed E-state index contributed by atoms with van der Waals surface area (Å²) in [5.74, 6) is -2.99. The van der Waals surface area contributed by atoms with E-state index in [2.05, 4.69) is 13.8 Å². The fraction of sp³-hybridized carbons (Fsp3) is 0.805. The summed E-state index contributed by atoms with van der Waals surface area (Å²) < 4.78 is 0. The molecule has 0 saturated heterocycles. The number of rotatable bonds is 35. The molecular weight excluding hydrogens is 665 g/mol. The van der Waals surface area contributed by atoms with E-state index in [1.165, 1.54) is 153 Å². The van der Waals surface area contributed by atoms with Crippen molar-refractivity contribution in [2.75, 3.05) is 13.1 Å². The Morgan fingerprint density at radius 2 is 0.755 bits per heavy atom. The maximum Gasteiger partial charge on any atom is 0.354 e. The summed E-state index contributed by atoms with van der Waals surface area (Å²) >= 11 is 0. The summed E-state index contributed by atoms with van der Waals surface area (Å²) in [5.41, 5.74) is -2.32. The Morgan fingerprint density at radius 3 is 1.02 bits per heavy atom. The quantitative estimate of drug-likeness (QED) is 0.0312. The first-order chi connectivity index (χ1) is 23.0. The zero-order chi connectivity index (χ0) is 34.3. The van der Waals surface area contributed by atoms with Gasteiger partial charge in [0.25, 0.3) is 0 Å². The molecule has 2 radical (unpaired) electrons. The average molecular weight is 738 g/mol. The molecule has 1 aromatic rings. The molecule has 2 N–H and O–H groups in total. The third-order valence-electron chi connectivity index (χ3n) is 9.57. The number of nitrogens with zero attached hydrogens (tertiary/aromatic N) is 1. The standard InChI is InChI=1S/C41H73NO5.2K/c1-3-5-7-9-11-13-15-17-19-21-23-25-27-32-36-42(47-41(39(43)44,40(45)46)38-34-30-29-31-35-38)37-33-28-26-24-22-20-18-16-14-12-10-8-6-4-2;;/h29-31,34-35H,3-28,32-33,36-37H2,1-2H3,(H,43,44)(H,45,46);;. The third-order valence-corrected chi connectivity index (χ3v) is 9.57. The molecule has 6 nitrogen and oxygen atoms in total. The molecule has 1 aromatic carbocycles. The second kappa shape index (κ2) is 37.7. The Hall–Kier alpha value is 1.35. The van der Waals surface area contributed by atoms with E-state index >= 15 is 0 Å². The van der Waals surface area contributed by atoms with Crippen LogP contribution in [0.1, 0.15) is 199 Å². The summed E-state index contributed by atoms with van der Waals surface area (Å²) in [6.45, 7) is 5.60. The Balaban J connectivity index is 0. The molecule has 0 spiro atoms. The Morgan fingerprint density at radius 1 is 0.490 bits per heavy atom. The van der Waals surface area contributed by atoms with E-state index in [-0.39, 0.29) is 108 Å². The van der Waals surface area contributed by atoms with E-state index < -0.39 is 17.5 Å². The van der Waals surface area contributed by atoms with Gasteiger partial charge in [-0.3, -0.25) is 4.84 Å². The number of hydroxylamine groups is 2. The van der Waals surface area contributed by atoms with Crippen LogP contribution in [0.15, 0.2) is 30.3 Å². The van der Waals surface area contributed by atoms with E-state index in [0.717, 1.165) is 38.5 Å². The van der Waals surface area contributed by atoms with Crippen LogP contribution < -0.4 is 0 Å². The van der Waals surface area contributed by atoms with Gasteiger partial charge in [-0.1, -0.05) is 211 Å². The van der Waals surface area contributed by atoms with Gasteiger partial charge in [0.15, 0.2) is 0 Å². The first-order valence-electron chi connectivity index (χ1n) is 19.9. The Labute approximate surface area is 387 Å². The predicted molar refractivity (Wildman–Crippen MR) is 208 cm³/mol. The van der Waals surface area contributed by atoms with Crippen molar-refractivity contribution in [1.82, 2.24) is 5.06 Å². The first kappa shape index (κ1) is 52.5. The number of aliphatic carboxylic acids is 2. The molecule has 0 aliphatic carbocycles. The van der Waals surface area contributed by atoms with Crippen molar-refractivity contribution in [3.63, 3.8) is 0 Å². The first-order valence-corrected chi connectivity index (χ1v) is 19.9. The summed E-state index contributed by atoms with van der Waals surface area (Å²) in [6.07, 6.45) is 35.5. The molecule has 0 aliphatic rings. The van der Waals surface area contributed by atoms with Crippen LogP contribution in [0.5, 0.6) is 0 Å². The molecule has 0 saturated carbocycles. The van der Waals surface area contributed by atoms with Crippen LogP contribution in [0.4, 0.5) is 0 Å². The largest absolute Gasteiger partial charge is 0.478 e. The van der Waals surface area contributed by atoms with Gasteiger partial charge in [0, 0.05) is 121 Å². The number of unbranched alkanes of at least 4 members (excludes halogenated alkanes) is 26. The molecule has 0 amide bonds. The van der Waals surface area contributed by atoms with Gasteiger partial charge in [-0.15, -0.1) is 0 Å². The number of carboxylic acid groups (broad SMARTS) is 2. The predicted octanol–water partition coefficient (Wildman–Crippen LogP) is 11.5. The molecule has 1 rings (SSSR count). The summed E-state index contributed by atoms with van der Waals surface area (Å²) in [5, 5.41) is 21.9. The molecule has 0 aliphatic heterocycles. The van der Waals surface area contributed by atoms with Crippen LogP contribution in [-0.4, -0.2) is 143 Å². The average Bonchev–Trinajstić information content (AvgIpc) is 3.07. The fourth-order valence-corrected chi connectivity index (χ4v) is 6.50. The minimum absolute atomic E-state index is 0. The number of carbonyl (C=O) groups is 2. The van der Waals surface area contributed by atoms with Crippen molar-refractivity contribution in [2.45, 2.75) is 199 Å². The second-order valence-corrected chi connectivity index (χ2v) is 13.9.